The molecule has 1 aromatic heterocycles. The van der Waals surface area contributed by atoms with Crippen LogP contribution in [0.2, 0.25) is 0 Å². The van der Waals surface area contributed by atoms with Crippen LogP contribution in [0.25, 0.3) is 6.08 Å². The van der Waals surface area contributed by atoms with Crippen LogP contribution in [0.3, 0.4) is 0 Å². The molecule has 2 heteroatoms. The summed E-state index contributed by atoms with van der Waals surface area (Å²) in [6.07, 6.45) is 6.30. The molecule has 0 unspecified atom stereocenters. The average molecular weight is 162 g/mol. The molecule has 0 spiro atoms. The maximum atomic E-state index is 5.88. The van der Waals surface area contributed by atoms with E-state index >= 15 is 0 Å². The minimum absolute atomic E-state index is 0.0756. The van der Waals surface area contributed by atoms with Crippen molar-refractivity contribution in [3.05, 3.63) is 36.2 Å². The molecule has 0 aliphatic rings. The Morgan fingerprint density at radius 3 is 3.08 bits per heavy atom. The smallest absolute Gasteiger partial charge is 0.0321 e. The van der Waals surface area contributed by atoms with Gasteiger partial charge in [-0.2, -0.15) is 0 Å². The second-order valence-electron chi connectivity index (χ2n) is 2.72. The SMILES string of the molecule is C=Cc1ccncc1[C@@H](N)CC. The molecule has 0 saturated carbocycles. The number of rotatable bonds is 3. The van der Waals surface area contributed by atoms with Crippen molar-refractivity contribution in [2.45, 2.75) is 19.4 Å². The Labute approximate surface area is 73.1 Å². The van der Waals surface area contributed by atoms with E-state index in [1.165, 1.54) is 0 Å². The second-order valence-corrected chi connectivity index (χ2v) is 2.72. The van der Waals surface area contributed by atoms with Gasteiger partial charge in [0.1, 0.15) is 0 Å². The molecule has 0 aliphatic carbocycles. The summed E-state index contributed by atoms with van der Waals surface area (Å²) >= 11 is 0. The highest BCUT2D eigenvalue weighted by atomic mass is 14.7. The van der Waals surface area contributed by atoms with Crippen molar-refractivity contribution in [2.75, 3.05) is 0 Å². The van der Waals surface area contributed by atoms with Gasteiger partial charge in [0.15, 0.2) is 0 Å². The average Bonchev–Trinajstić information content (AvgIpc) is 2.16. The van der Waals surface area contributed by atoms with Crippen molar-refractivity contribution < 1.29 is 0 Å². The van der Waals surface area contributed by atoms with Crippen LogP contribution in [-0.4, -0.2) is 4.98 Å². The van der Waals surface area contributed by atoms with E-state index in [9.17, 15) is 0 Å². The number of nitrogens with zero attached hydrogens (tertiary/aromatic N) is 1. The lowest BCUT2D eigenvalue weighted by Gasteiger charge is -2.11. The van der Waals surface area contributed by atoms with Crippen molar-refractivity contribution in [2.24, 2.45) is 5.73 Å². The first-order valence-electron chi connectivity index (χ1n) is 4.11. The zero-order chi connectivity index (χ0) is 8.97. The molecule has 0 aliphatic heterocycles. The fourth-order valence-electron chi connectivity index (χ4n) is 1.13. The maximum absolute atomic E-state index is 5.88. The second kappa shape index (κ2) is 4.02. The predicted molar refractivity (Wildman–Crippen MR) is 51.5 cm³/mol. The molecule has 0 radical (unpaired) electrons. The molecule has 1 atom stereocenters. The molecule has 2 N–H and O–H groups in total. The highest BCUT2D eigenvalue weighted by Crippen LogP contribution is 2.17. The van der Waals surface area contributed by atoms with Crippen molar-refractivity contribution in [1.29, 1.82) is 0 Å². The number of pyridine rings is 1. The molecule has 0 aromatic carbocycles. The Hall–Kier alpha value is -1.15. The normalized spacial score (nSPS) is 12.5. The Bertz CT molecular complexity index is 268. The summed E-state index contributed by atoms with van der Waals surface area (Å²) in [7, 11) is 0. The standard InChI is InChI=1S/C10H14N2/c1-3-8-5-6-12-7-9(8)10(11)4-2/h3,5-7,10H,1,4,11H2,2H3/t10-/m0/s1. The summed E-state index contributed by atoms with van der Waals surface area (Å²) in [5, 5.41) is 0. The Kier molecular flexibility index (Phi) is 3.00. The van der Waals surface area contributed by atoms with Gasteiger partial charge >= 0.3 is 0 Å². The summed E-state index contributed by atoms with van der Waals surface area (Å²) in [5.74, 6) is 0. The molecule has 0 amide bonds. The zero-order valence-corrected chi connectivity index (χ0v) is 7.33. The zero-order valence-electron chi connectivity index (χ0n) is 7.33. The molecular weight excluding hydrogens is 148 g/mol. The van der Waals surface area contributed by atoms with E-state index in [0.717, 1.165) is 17.5 Å². The van der Waals surface area contributed by atoms with Gasteiger partial charge in [0, 0.05) is 18.4 Å². The Balaban J connectivity index is 3.04. The van der Waals surface area contributed by atoms with E-state index in [0.29, 0.717) is 0 Å². The fraction of sp³-hybridized carbons (Fsp3) is 0.300. The first kappa shape index (κ1) is 8.94. The highest BCUT2D eigenvalue weighted by Gasteiger charge is 2.06. The number of aromatic nitrogens is 1. The van der Waals surface area contributed by atoms with Gasteiger partial charge in [-0.3, -0.25) is 4.98 Å². The van der Waals surface area contributed by atoms with Gasteiger partial charge in [-0.25, -0.2) is 0 Å². The van der Waals surface area contributed by atoms with Crippen LogP contribution in [0.5, 0.6) is 0 Å². The summed E-state index contributed by atoms with van der Waals surface area (Å²) < 4.78 is 0. The third kappa shape index (κ3) is 1.71. The maximum Gasteiger partial charge on any atom is 0.0321 e. The number of hydrogen-bond acceptors (Lipinski definition) is 2. The molecule has 12 heavy (non-hydrogen) atoms. The lowest BCUT2D eigenvalue weighted by molar-refractivity contribution is 0.694. The van der Waals surface area contributed by atoms with Crippen LogP contribution in [0.1, 0.15) is 30.5 Å². The molecule has 1 rings (SSSR count). The van der Waals surface area contributed by atoms with Crippen molar-refractivity contribution >= 4 is 6.08 Å². The molecule has 64 valence electrons. The van der Waals surface area contributed by atoms with E-state index in [-0.39, 0.29) is 6.04 Å². The summed E-state index contributed by atoms with van der Waals surface area (Å²) in [6, 6.07) is 2.00. The van der Waals surface area contributed by atoms with Crippen LogP contribution >= 0.6 is 0 Å². The molecule has 0 saturated heterocycles. The minimum atomic E-state index is 0.0756. The highest BCUT2D eigenvalue weighted by molar-refractivity contribution is 5.51. The lowest BCUT2D eigenvalue weighted by Crippen LogP contribution is -2.10. The van der Waals surface area contributed by atoms with Gasteiger partial charge in [0.25, 0.3) is 0 Å². The van der Waals surface area contributed by atoms with Crippen molar-refractivity contribution in [3.8, 4) is 0 Å². The van der Waals surface area contributed by atoms with Gasteiger partial charge < -0.3 is 5.73 Å². The lowest BCUT2D eigenvalue weighted by atomic mass is 10.0. The van der Waals surface area contributed by atoms with E-state index < -0.39 is 0 Å². The van der Waals surface area contributed by atoms with Gasteiger partial charge in [-0.15, -0.1) is 0 Å². The van der Waals surface area contributed by atoms with E-state index in [1.54, 1.807) is 6.20 Å². The Morgan fingerprint density at radius 2 is 2.50 bits per heavy atom. The fourth-order valence-corrected chi connectivity index (χ4v) is 1.13. The molecular formula is C10H14N2. The third-order valence-electron chi connectivity index (χ3n) is 1.95. The van der Waals surface area contributed by atoms with Gasteiger partial charge in [0.2, 0.25) is 0 Å². The van der Waals surface area contributed by atoms with E-state index in [2.05, 4.69) is 18.5 Å². The molecule has 1 aromatic rings. The van der Waals surface area contributed by atoms with Crippen molar-refractivity contribution in [1.82, 2.24) is 4.98 Å². The third-order valence-corrected chi connectivity index (χ3v) is 1.95. The molecule has 0 fully saturated rings. The number of hydrogen-bond donors (Lipinski definition) is 1. The van der Waals surface area contributed by atoms with Crippen LogP contribution in [0.15, 0.2) is 25.0 Å². The van der Waals surface area contributed by atoms with E-state index in [4.69, 9.17) is 5.73 Å². The topological polar surface area (TPSA) is 38.9 Å². The Morgan fingerprint density at radius 1 is 1.75 bits per heavy atom. The van der Waals surface area contributed by atoms with Crippen molar-refractivity contribution in [3.63, 3.8) is 0 Å². The monoisotopic (exact) mass is 162 g/mol. The first-order valence-corrected chi connectivity index (χ1v) is 4.11. The largest absolute Gasteiger partial charge is 0.324 e. The molecule has 0 bridgehead atoms. The summed E-state index contributed by atoms with van der Waals surface area (Å²) in [5.41, 5.74) is 8.04. The molecule has 2 nitrogen and oxygen atoms in total. The first-order chi connectivity index (χ1) is 5.79. The van der Waals surface area contributed by atoms with Crippen LogP contribution in [0.4, 0.5) is 0 Å². The van der Waals surface area contributed by atoms with Crippen LogP contribution in [-0.2, 0) is 0 Å². The van der Waals surface area contributed by atoms with Crippen LogP contribution < -0.4 is 5.73 Å². The predicted octanol–water partition coefficient (Wildman–Crippen LogP) is 2.13. The number of nitrogens with two attached hydrogens (primary N) is 1. The van der Waals surface area contributed by atoms with Gasteiger partial charge in [-0.05, 0) is 23.6 Å². The van der Waals surface area contributed by atoms with Crippen LogP contribution in [0, 0.1) is 0 Å². The molecule has 1 heterocycles. The summed E-state index contributed by atoms with van der Waals surface area (Å²) in [6.45, 7) is 5.78. The summed E-state index contributed by atoms with van der Waals surface area (Å²) in [4.78, 5) is 4.03. The van der Waals surface area contributed by atoms with Gasteiger partial charge in [-0.1, -0.05) is 19.6 Å². The van der Waals surface area contributed by atoms with E-state index in [1.807, 2.05) is 18.3 Å². The minimum Gasteiger partial charge on any atom is -0.324 e. The van der Waals surface area contributed by atoms with Gasteiger partial charge in [0.05, 0.1) is 0 Å². The quantitative estimate of drug-likeness (QED) is 0.739.